The minimum atomic E-state index is -4.52. The topological polar surface area (TPSA) is 73.9 Å². The van der Waals surface area contributed by atoms with Crippen LogP contribution in [0.1, 0.15) is 31.2 Å². The highest BCUT2D eigenvalue weighted by Crippen LogP contribution is 2.45. The average Bonchev–Trinajstić information content (AvgIpc) is 3.14. The summed E-state index contributed by atoms with van der Waals surface area (Å²) in [5, 5.41) is 1.68. The first-order chi connectivity index (χ1) is 12.8. The fraction of sp³-hybridized carbons (Fsp3) is 0.556. The Bertz CT molecular complexity index is 713. The number of rotatable bonds is 5. The third kappa shape index (κ3) is 4.45. The van der Waals surface area contributed by atoms with E-state index in [1.165, 1.54) is 0 Å². The van der Waals surface area contributed by atoms with E-state index < -0.39 is 36.6 Å². The maximum Gasteiger partial charge on any atom is 0.405 e. The number of amides is 1. The lowest BCUT2D eigenvalue weighted by Crippen LogP contribution is -2.40. The second kappa shape index (κ2) is 7.66. The molecule has 0 unspecified atom stereocenters. The maximum absolute atomic E-state index is 12.7. The van der Waals surface area contributed by atoms with Gasteiger partial charge in [0, 0.05) is 0 Å². The van der Waals surface area contributed by atoms with Crippen LogP contribution in [0.3, 0.4) is 0 Å². The first-order valence-electron chi connectivity index (χ1n) is 8.71. The highest BCUT2D eigenvalue weighted by molar-refractivity contribution is 5.87. The molecule has 9 heteroatoms. The van der Waals surface area contributed by atoms with Gasteiger partial charge >= 0.3 is 12.1 Å². The third-order valence-electron chi connectivity index (χ3n) is 4.76. The number of benzene rings is 1. The van der Waals surface area contributed by atoms with Crippen LogP contribution < -0.4 is 14.8 Å². The second-order valence-electron chi connectivity index (χ2n) is 6.62. The zero-order chi connectivity index (χ0) is 19.5. The van der Waals surface area contributed by atoms with E-state index in [0.717, 1.165) is 12.8 Å². The van der Waals surface area contributed by atoms with E-state index in [0.29, 0.717) is 43.1 Å². The quantitative estimate of drug-likeness (QED) is 0.786. The molecule has 0 spiro atoms. The highest BCUT2D eigenvalue weighted by Gasteiger charge is 2.45. The van der Waals surface area contributed by atoms with Crippen LogP contribution >= 0.6 is 0 Å². The zero-order valence-electron chi connectivity index (χ0n) is 14.6. The SMILES string of the molecule is O=C(COC(=O)C1(c2ccc3c(c2)OCCO3)CCCC1)NCC(F)(F)F. The van der Waals surface area contributed by atoms with Gasteiger partial charge in [-0.3, -0.25) is 9.59 Å². The molecular weight excluding hydrogens is 367 g/mol. The zero-order valence-corrected chi connectivity index (χ0v) is 14.6. The van der Waals surface area contributed by atoms with Gasteiger partial charge < -0.3 is 19.5 Å². The predicted octanol–water partition coefficient (Wildman–Crippen LogP) is 2.49. The summed E-state index contributed by atoms with van der Waals surface area (Å²) < 4.78 is 52.5. The van der Waals surface area contributed by atoms with Crippen LogP contribution in [0.2, 0.25) is 0 Å². The third-order valence-corrected chi connectivity index (χ3v) is 4.76. The Hall–Kier alpha value is -2.45. The lowest BCUT2D eigenvalue weighted by Gasteiger charge is -2.28. The van der Waals surface area contributed by atoms with Crippen LogP contribution in [-0.2, 0) is 19.7 Å². The number of ether oxygens (including phenoxy) is 3. The van der Waals surface area contributed by atoms with Crippen LogP contribution in [-0.4, -0.2) is 44.4 Å². The summed E-state index contributed by atoms with van der Waals surface area (Å²) in [7, 11) is 0. The number of alkyl halides is 3. The molecule has 1 aliphatic carbocycles. The first kappa shape index (κ1) is 19.3. The van der Waals surface area contributed by atoms with Gasteiger partial charge in [0.15, 0.2) is 18.1 Å². The van der Waals surface area contributed by atoms with Gasteiger partial charge in [0.2, 0.25) is 0 Å². The lowest BCUT2D eigenvalue weighted by atomic mass is 9.78. The number of esters is 1. The van der Waals surface area contributed by atoms with Crippen molar-refractivity contribution in [1.29, 1.82) is 0 Å². The van der Waals surface area contributed by atoms with Gasteiger partial charge in [0.05, 0.1) is 5.41 Å². The van der Waals surface area contributed by atoms with Gasteiger partial charge in [0.1, 0.15) is 19.8 Å². The largest absolute Gasteiger partial charge is 0.486 e. The molecule has 148 valence electrons. The summed E-state index contributed by atoms with van der Waals surface area (Å²) >= 11 is 0. The summed E-state index contributed by atoms with van der Waals surface area (Å²) in [4.78, 5) is 24.3. The van der Waals surface area contributed by atoms with E-state index in [1.807, 2.05) is 0 Å². The second-order valence-corrected chi connectivity index (χ2v) is 6.62. The molecule has 1 amide bonds. The summed E-state index contributed by atoms with van der Waals surface area (Å²) in [6.07, 6.45) is -1.82. The molecule has 1 saturated carbocycles. The molecule has 0 saturated heterocycles. The predicted molar refractivity (Wildman–Crippen MR) is 87.6 cm³/mol. The number of hydrogen-bond acceptors (Lipinski definition) is 5. The van der Waals surface area contributed by atoms with E-state index in [2.05, 4.69) is 0 Å². The van der Waals surface area contributed by atoms with Crippen molar-refractivity contribution in [3.05, 3.63) is 23.8 Å². The molecule has 1 aromatic rings. The van der Waals surface area contributed by atoms with E-state index in [4.69, 9.17) is 14.2 Å². The molecule has 1 fully saturated rings. The molecule has 1 heterocycles. The van der Waals surface area contributed by atoms with Gasteiger partial charge in [-0.2, -0.15) is 13.2 Å². The van der Waals surface area contributed by atoms with Crippen molar-refractivity contribution in [3.8, 4) is 11.5 Å². The van der Waals surface area contributed by atoms with Gasteiger partial charge in [-0.1, -0.05) is 18.9 Å². The Balaban J connectivity index is 1.69. The molecule has 1 aromatic carbocycles. The lowest BCUT2D eigenvalue weighted by molar-refractivity contribution is -0.156. The Labute approximate surface area is 154 Å². The summed E-state index contributed by atoms with van der Waals surface area (Å²) in [5.74, 6) is -0.464. The Morgan fingerprint density at radius 2 is 1.78 bits per heavy atom. The van der Waals surface area contributed by atoms with Crippen LogP contribution in [0.5, 0.6) is 11.5 Å². The number of carbonyl (C=O) groups excluding carboxylic acids is 2. The monoisotopic (exact) mass is 387 g/mol. The van der Waals surface area contributed by atoms with Crippen molar-refractivity contribution >= 4 is 11.9 Å². The summed E-state index contributed by atoms with van der Waals surface area (Å²) in [6, 6.07) is 5.24. The summed E-state index contributed by atoms with van der Waals surface area (Å²) in [5.41, 5.74) is -0.231. The van der Waals surface area contributed by atoms with E-state index in [-0.39, 0.29) is 0 Å². The molecule has 6 nitrogen and oxygen atoms in total. The van der Waals surface area contributed by atoms with Gasteiger partial charge in [-0.05, 0) is 30.5 Å². The molecule has 2 aliphatic rings. The van der Waals surface area contributed by atoms with Crippen molar-refractivity contribution in [1.82, 2.24) is 5.32 Å². The van der Waals surface area contributed by atoms with Crippen molar-refractivity contribution in [2.45, 2.75) is 37.3 Å². The molecule has 0 atom stereocenters. The van der Waals surface area contributed by atoms with Crippen molar-refractivity contribution in [2.75, 3.05) is 26.4 Å². The van der Waals surface area contributed by atoms with Gasteiger partial charge in [-0.15, -0.1) is 0 Å². The number of carbonyl (C=O) groups is 2. The molecule has 1 N–H and O–H groups in total. The van der Waals surface area contributed by atoms with E-state index >= 15 is 0 Å². The van der Waals surface area contributed by atoms with Crippen LogP contribution in [0.4, 0.5) is 13.2 Å². The van der Waals surface area contributed by atoms with E-state index in [1.54, 1.807) is 23.5 Å². The smallest absolute Gasteiger partial charge is 0.405 e. The minimum Gasteiger partial charge on any atom is -0.486 e. The fourth-order valence-corrected chi connectivity index (χ4v) is 3.45. The molecule has 0 aromatic heterocycles. The summed E-state index contributed by atoms with van der Waals surface area (Å²) in [6.45, 7) is -1.35. The standard InChI is InChI=1S/C18H20F3NO5/c19-18(20,21)11-22-15(23)10-27-16(24)17(5-1-2-6-17)12-3-4-13-14(9-12)26-8-7-25-13/h3-4,9H,1-2,5-8,10-11H2,(H,22,23). The highest BCUT2D eigenvalue weighted by atomic mass is 19.4. The Morgan fingerprint density at radius 3 is 2.44 bits per heavy atom. The van der Waals surface area contributed by atoms with E-state index in [9.17, 15) is 22.8 Å². The molecule has 0 bridgehead atoms. The molecule has 1 aliphatic heterocycles. The molecule has 27 heavy (non-hydrogen) atoms. The van der Waals surface area contributed by atoms with Crippen LogP contribution in [0.15, 0.2) is 18.2 Å². The van der Waals surface area contributed by atoms with Crippen molar-refractivity contribution in [3.63, 3.8) is 0 Å². The minimum absolute atomic E-state index is 0.410. The number of hydrogen-bond donors (Lipinski definition) is 1. The average molecular weight is 387 g/mol. The van der Waals surface area contributed by atoms with Gasteiger partial charge in [-0.25, -0.2) is 0 Å². The molecule has 0 radical (unpaired) electrons. The normalized spacial score (nSPS) is 18.0. The number of fused-ring (bicyclic) bond motifs is 1. The maximum atomic E-state index is 12.7. The molecule has 3 rings (SSSR count). The first-order valence-corrected chi connectivity index (χ1v) is 8.71. The number of nitrogens with one attached hydrogen (secondary N) is 1. The number of halogens is 3. The fourth-order valence-electron chi connectivity index (χ4n) is 3.45. The van der Waals surface area contributed by atoms with Crippen LogP contribution in [0.25, 0.3) is 0 Å². The van der Waals surface area contributed by atoms with Crippen molar-refractivity contribution < 1.29 is 37.0 Å². The van der Waals surface area contributed by atoms with Crippen LogP contribution in [0, 0.1) is 0 Å². The molecular formula is C18H20F3NO5. The van der Waals surface area contributed by atoms with Gasteiger partial charge in [0.25, 0.3) is 5.91 Å². The Morgan fingerprint density at radius 1 is 1.11 bits per heavy atom. The van der Waals surface area contributed by atoms with Crippen molar-refractivity contribution in [2.24, 2.45) is 0 Å². The Kier molecular flexibility index (Phi) is 5.48.